The summed E-state index contributed by atoms with van der Waals surface area (Å²) in [5, 5.41) is 2.13. The predicted molar refractivity (Wildman–Crippen MR) is 163 cm³/mol. The van der Waals surface area contributed by atoms with Crippen LogP contribution in [0.25, 0.3) is 10.8 Å². The maximum Gasteiger partial charge on any atom is 0.305 e. The van der Waals surface area contributed by atoms with E-state index in [1.54, 1.807) is 41.3 Å². The molecule has 1 spiro atoms. The number of piperidine rings is 1. The van der Waals surface area contributed by atoms with E-state index in [0.29, 0.717) is 24.4 Å². The van der Waals surface area contributed by atoms with E-state index in [0.717, 1.165) is 43.2 Å². The number of rotatable bonds is 8. The maximum atomic E-state index is 14.0. The lowest BCUT2D eigenvalue weighted by Crippen LogP contribution is -2.63. The molecule has 3 aromatic rings. The average Bonchev–Trinajstić information content (AvgIpc) is 3.33. The fourth-order valence-electron chi connectivity index (χ4n) is 6.69. The normalized spacial score (nSPS) is 22.7. The van der Waals surface area contributed by atoms with Gasteiger partial charge in [0, 0.05) is 31.1 Å². The molecule has 0 bridgehead atoms. The molecule has 0 aliphatic carbocycles. The Bertz CT molecular complexity index is 1630. The number of fused-ring (bicyclic) bond motifs is 2. The van der Waals surface area contributed by atoms with Crippen LogP contribution in [0.15, 0.2) is 71.6 Å². The Morgan fingerprint density at radius 2 is 1.72 bits per heavy atom. The number of hydrogen-bond acceptors (Lipinski definition) is 7. The smallest absolute Gasteiger partial charge is 0.305 e. The minimum Gasteiger partial charge on any atom is -0.469 e. The van der Waals surface area contributed by atoms with E-state index in [9.17, 15) is 18.0 Å². The summed E-state index contributed by atoms with van der Waals surface area (Å²) in [6, 6.07) is 20.5. The van der Waals surface area contributed by atoms with Crippen molar-refractivity contribution in [2.24, 2.45) is 0 Å². The second kappa shape index (κ2) is 11.8. The van der Waals surface area contributed by atoms with Crippen LogP contribution in [0.3, 0.4) is 0 Å². The van der Waals surface area contributed by atoms with Gasteiger partial charge in [-0.2, -0.15) is 4.31 Å². The predicted octanol–water partition coefficient (Wildman–Crippen LogP) is 4.43. The number of esters is 1. The molecule has 9 nitrogen and oxygen atoms in total. The van der Waals surface area contributed by atoms with Crippen molar-refractivity contribution in [3.05, 3.63) is 77.3 Å². The maximum absolute atomic E-state index is 14.0. The van der Waals surface area contributed by atoms with Crippen molar-refractivity contribution in [2.45, 2.75) is 54.9 Å². The first-order chi connectivity index (χ1) is 20.6. The Hall–Kier alpha value is -3.02. The van der Waals surface area contributed by atoms with Crippen LogP contribution in [0.1, 0.15) is 37.7 Å². The first kappa shape index (κ1) is 30.0. The van der Waals surface area contributed by atoms with Gasteiger partial charge < -0.3 is 14.4 Å². The molecule has 3 fully saturated rings. The van der Waals surface area contributed by atoms with Gasteiger partial charge in [0.15, 0.2) is 5.72 Å². The van der Waals surface area contributed by atoms with Crippen molar-refractivity contribution in [1.29, 1.82) is 0 Å². The van der Waals surface area contributed by atoms with Crippen LogP contribution in [0.2, 0.25) is 5.02 Å². The van der Waals surface area contributed by atoms with Crippen LogP contribution in [-0.4, -0.2) is 85.6 Å². The van der Waals surface area contributed by atoms with Gasteiger partial charge in [0.05, 0.1) is 37.2 Å². The molecule has 11 heteroatoms. The summed E-state index contributed by atoms with van der Waals surface area (Å²) < 4.78 is 41.0. The zero-order valence-electron chi connectivity index (χ0n) is 24.2. The molecule has 3 heterocycles. The van der Waals surface area contributed by atoms with E-state index in [2.05, 4.69) is 17.0 Å². The first-order valence-corrected chi connectivity index (χ1v) is 16.5. The van der Waals surface area contributed by atoms with Gasteiger partial charge in [-0.1, -0.05) is 54.1 Å². The largest absolute Gasteiger partial charge is 0.469 e. The molecule has 0 N–H and O–H groups in total. The number of hydrogen-bond donors (Lipinski definition) is 0. The van der Waals surface area contributed by atoms with Crippen molar-refractivity contribution < 1.29 is 27.5 Å². The number of amides is 1. The summed E-state index contributed by atoms with van der Waals surface area (Å²) in [6.07, 6.45) is 2.33. The summed E-state index contributed by atoms with van der Waals surface area (Å²) in [5.74, 6) is -0.642. The third-order valence-corrected chi connectivity index (χ3v) is 11.0. The van der Waals surface area contributed by atoms with E-state index in [1.165, 1.54) is 17.0 Å². The molecule has 0 radical (unpaired) electrons. The quantitative estimate of drug-likeness (QED) is 0.342. The minimum atomic E-state index is -4.03. The topological polar surface area (TPSA) is 96.5 Å². The van der Waals surface area contributed by atoms with Gasteiger partial charge in [0.1, 0.15) is 0 Å². The Labute approximate surface area is 257 Å². The van der Waals surface area contributed by atoms with Crippen LogP contribution in [-0.2, 0) is 35.6 Å². The third kappa shape index (κ3) is 6.04. The second-order valence-electron chi connectivity index (χ2n) is 11.8. The number of benzene rings is 3. The summed E-state index contributed by atoms with van der Waals surface area (Å²) in [7, 11) is -2.69. The Balaban J connectivity index is 1.25. The number of likely N-dealkylation sites (tertiary alicyclic amines) is 1. The number of halogens is 1. The molecule has 3 aliphatic heterocycles. The molecule has 43 heavy (non-hydrogen) atoms. The van der Waals surface area contributed by atoms with Gasteiger partial charge >= 0.3 is 5.97 Å². The van der Waals surface area contributed by atoms with Gasteiger partial charge in [-0.15, -0.1) is 0 Å². The van der Waals surface area contributed by atoms with E-state index in [1.807, 2.05) is 18.2 Å². The van der Waals surface area contributed by atoms with E-state index in [-0.39, 0.29) is 36.3 Å². The van der Waals surface area contributed by atoms with E-state index < -0.39 is 21.3 Å². The standard InChI is InChI=1S/C32H36ClN3O6S/c1-41-30(38)8-5-13-32-23-35(43(39,40)28-12-10-25-18-27(33)11-9-26(25)19-28)21-29(37)36(32)22-31(42-32)14-16-34(17-15-31)20-24-6-3-2-4-7-24/h2-4,6-7,9-12,18-19H,5,8,13-17,20-23H2,1H3. The molecule has 3 saturated heterocycles. The number of ether oxygens (including phenoxy) is 2. The van der Waals surface area contributed by atoms with Crippen LogP contribution in [0.5, 0.6) is 0 Å². The van der Waals surface area contributed by atoms with Gasteiger partial charge in [0.25, 0.3) is 0 Å². The van der Waals surface area contributed by atoms with Crippen molar-refractivity contribution in [2.75, 3.05) is 39.8 Å². The summed E-state index contributed by atoms with van der Waals surface area (Å²) in [4.78, 5) is 29.9. The van der Waals surface area contributed by atoms with Gasteiger partial charge in [-0.25, -0.2) is 8.42 Å². The van der Waals surface area contributed by atoms with Crippen molar-refractivity contribution >= 4 is 44.3 Å². The number of carbonyl (C=O) groups is 2. The van der Waals surface area contributed by atoms with Crippen LogP contribution in [0, 0.1) is 0 Å². The Morgan fingerprint density at radius 3 is 2.47 bits per heavy atom. The Morgan fingerprint density at radius 1 is 1.00 bits per heavy atom. The number of methoxy groups -OCH3 is 1. The molecular formula is C32H36ClN3O6S. The monoisotopic (exact) mass is 625 g/mol. The summed E-state index contributed by atoms with van der Waals surface area (Å²) in [5.41, 5.74) is -0.492. The minimum absolute atomic E-state index is 0.00359. The third-order valence-electron chi connectivity index (χ3n) is 8.98. The molecule has 6 rings (SSSR count). The highest BCUT2D eigenvalue weighted by atomic mass is 35.5. The van der Waals surface area contributed by atoms with Crippen molar-refractivity contribution in [3.8, 4) is 0 Å². The molecule has 0 aromatic heterocycles. The van der Waals surface area contributed by atoms with Crippen LogP contribution >= 0.6 is 11.6 Å². The second-order valence-corrected chi connectivity index (χ2v) is 14.2. The zero-order chi connectivity index (χ0) is 30.2. The van der Waals surface area contributed by atoms with E-state index >= 15 is 0 Å². The fourth-order valence-corrected chi connectivity index (χ4v) is 8.34. The number of sulfonamides is 1. The average molecular weight is 626 g/mol. The van der Waals surface area contributed by atoms with Gasteiger partial charge in [0.2, 0.25) is 15.9 Å². The molecule has 228 valence electrons. The zero-order valence-corrected chi connectivity index (χ0v) is 25.8. The summed E-state index contributed by atoms with van der Waals surface area (Å²) >= 11 is 6.12. The molecule has 1 amide bonds. The number of carbonyl (C=O) groups excluding carboxylic acids is 2. The molecule has 3 aromatic carbocycles. The SMILES string of the molecule is COC(=O)CCCC12CN(S(=O)(=O)c3ccc4cc(Cl)ccc4c3)CC(=O)N1CC1(CCN(Cc3ccccc3)CC1)O2. The highest BCUT2D eigenvalue weighted by molar-refractivity contribution is 7.89. The molecule has 1 atom stereocenters. The van der Waals surface area contributed by atoms with Crippen LogP contribution in [0.4, 0.5) is 0 Å². The summed E-state index contributed by atoms with van der Waals surface area (Å²) in [6.45, 7) is 2.59. The molecule has 3 aliphatic rings. The number of nitrogens with zero attached hydrogens (tertiary/aromatic N) is 3. The fraction of sp³-hybridized carbons (Fsp3) is 0.438. The molecule has 0 saturated carbocycles. The molecular weight excluding hydrogens is 590 g/mol. The van der Waals surface area contributed by atoms with Crippen LogP contribution < -0.4 is 0 Å². The molecule has 1 unspecified atom stereocenters. The number of piperazine rings is 1. The first-order valence-electron chi connectivity index (χ1n) is 14.6. The van der Waals surface area contributed by atoms with Crippen molar-refractivity contribution in [3.63, 3.8) is 0 Å². The highest BCUT2D eigenvalue weighted by Crippen LogP contribution is 2.46. The van der Waals surface area contributed by atoms with Gasteiger partial charge in [-0.05, 0) is 66.3 Å². The van der Waals surface area contributed by atoms with E-state index in [4.69, 9.17) is 21.1 Å². The lowest BCUT2D eigenvalue weighted by molar-refractivity contribution is -0.184. The Kier molecular flexibility index (Phi) is 8.25. The lowest BCUT2D eigenvalue weighted by atomic mass is 9.91. The highest BCUT2D eigenvalue weighted by Gasteiger charge is 2.60. The lowest BCUT2D eigenvalue weighted by Gasteiger charge is -2.45. The van der Waals surface area contributed by atoms with Gasteiger partial charge in [-0.3, -0.25) is 14.5 Å². The van der Waals surface area contributed by atoms with Crippen molar-refractivity contribution in [1.82, 2.24) is 14.1 Å².